The lowest BCUT2D eigenvalue weighted by molar-refractivity contribution is -0.384. The Bertz CT molecular complexity index is 660. The summed E-state index contributed by atoms with van der Waals surface area (Å²) >= 11 is 0. The Kier molecular flexibility index (Phi) is 3.04. The van der Waals surface area contributed by atoms with Crippen molar-refractivity contribution in [3.8, 4) is 0 Å². The van der Waals surface area contributed by atoms with Gasteiger partial charge in [0.05, 0.1) is 22.4 Å². The van der Waals surface area contributed by atoms with Crippen LogP contribution in [0.1, 0.15) is 12.8 Å². The number of rotatable bonds is 2. The van der Waals surface area contributed by atoms with E-state index in [-0.39, 0.29) is 11.4 Å². The highest BCUT2D eigenvalue weighted by molar-refractivity contribution is 6.22. The number of carbonyl (C=O) groups excluding carboxylic acids is 2. The first-order valence-electron chi connectivity index (χ1n) is 6.47. The number of hydrogen-bond acceptors (Lipinski definition) is 4. The number of nitro benzene ring substituents is 1. The molecule has 2 amide bonds. The summed E-state index contributed by atoms with van der Waals surface area (Å²) in [6.07, 6.45) is 4.50. The number of allylic oxidation sites excluding steroid dienone is 2. The van der Waals surface area contributed by atoms with Gasteiger partial charge < -0.3 is 0 Å². The van der Waals surface area contributed by atoms with Gasteiger partial charge in [0.1, 0.15) is 5.82 Å². The molecule has 1 aromatic rings. The molecule has 0 unspecified atom stereocenters. The van der Waals surface area contributed by atoms with Crippen molar-refractivity contribution in [2.24, 2.45) is 11.8 Å². The Balaban J connectivity index is 2.05. The van der Waals surface area contributed by atoms with Crippen LogP contribution in [0.2, 0.25) is 0 Å². The number of nitrogens with zero attached hydrogens (tertiary/aromatic N) is 2. The smallest absolute Gasteiger partial charge is 0.271 e. The molecule has 1 aromatic carbocycles. The number of non-ortho nitro benzene ring substituents is 1. The van der Waals surface area contributed by atoms with Crippen molar-refractivity contribution in [3.05, 3.63) is 46.3 Å². The van der Waals surface area contributed by atoms with Crippen LogP contribution in [0.25, 0.3) is 0 Å². The zero-order valence-electron chi connectivity index (χ0n) is 10.9. The summed E-state index contributed by atoms with van der Waals surface area (Å²) in [5, 5.41) is 10.8. The van der Waals surface area contributed by atoms with E-state index in [1.54, 1.807) is 0 Å². The highest BCUT2D eigenvalue weighted by atomic mass is 19.1. The fourth-order valence-corrected chi connectivity index (χ4v) is 2.82. The van der Waals surface area contributed by atoms with Crippen molar-refractivity contribution in [2.45, 2.75) is 12.8 Å². The summed E-state index contributed by atoms with van der Waals surface area (Å²) in [5.41, 5.74) is -0.700. The molecule has 0 N–H and O–H groups in total. The minimum atomic E-state index is -0.825. The standard InChI is InChI=1S/C14H11FN2O4/c15-11-6-5-8(17(20)21)7-12(11)16-13(18)9-3-1-2-4-10(9)14(16)19/h1-2,5-7,9-10H,3-4H2/t9-,10+. The first-order chi connectivity index (χ1) is 10.0. The van der Waals surface area contributed by atoms with Gasteiger partial charge in [-0.1, -0.05) is 12.2 Å². The van der Waals surface area contributed by atoms with Gasteiger partial charge in [-0.15, -0.1) is 0 Å². The van der Waals surface area contributed by atoms with Crippen molar-refractivity contribution < 1.29 is 18.9 Å². The number of hydrogen-bond donors (Lipinski definition) is 0. The predicted molar refractivity (Wildman–Crippen MR) is 70.9 cm³/mol. The summed E-state index contributed by atoms with van der Waals surface area (Å²) in [7, 11) is 0. The predicted octanol–water partition coefficient (Wildman–Crippen LogP) is 2.19. The van der Waals surface area contributed by atoms with Crippen molar-refractivity contribution in [1.29, 1.82) is 0 Å². The summed E-state index contributed by atoms with van der Waals surface area (Å²) in [6, 6.07) is 2.82. The molecule has 2 atom stereocenters. The number of anilines is 1. The third-order valence-corrected chi connectivity index (χ3v) is 3.89. The van der Waals surface area contributed by atoms with Gasteiger partial charge in [0.25, 0.3) is 5.69 Å². The molecule has 0 saturated carbocycles. The number of halogens is 1. The van der Waals surface area contributed by atoms with Crippen LogP contribution >= 0.6 is 0 Å². The average molecular weight is 290 g/mol. The Morgan fingerprint density at radius 1 is 1.14 bits per heavy atom. The summed E-state index contributed by atoms with van der Waals surface area (Å²) < 4.78 is 13.9. The van der Waals surface area contributed by atoms with Crippen molar-refractivity contribution in [3.63, 3.8) is 0 Å². The van der Waals surface area contributed by atoms with E-state index < -0.39 is 34.4 Å². The van der Waals surface area contributed by atoms with Crippen LogP contribution in [-0.2, 0) is 9.59 Å². The summed E-state index contributed by atoms with van der Waals surface area (Å²) in [6.45, 7) is 0. The van der Waals surface area contributed by atoms with Crippen molar-refractivity contribution >= 4 is 23.2 Å². The SMILES string of the molecule is O=C1[C@H]2CC=CC[C@H]2C(=O)N1c1cc([N+](=O)[O-])ccc1F. The van der Waals surface area contributed by atoms with Gasteiger partial charge in [0.2, 0.25) is 11.8 Å². The van der Waals surface area contributed by atoms with Crippen LogP contribution in [0, 0.1) is 27.8 Å². The molecule has 6 nitrogen and oxygen atoms in total. The van der Waals surface area contributed by atoms with Crippen LogP contribution in [0.5, 0.6) is 0 Å². The van der Waals surface area contributed by atoms with E-state index in [9.17, 15) is 24.1 Å². The molecule has 0 aromatic heterocycles. The zero-order chi connectivity index (χ0) is 15.1. The molecule has 0 radical (unpaired) electrons. The van der Waals surface area contributed by atoms with Crippen molar-refractivity contribution in [1.82, 2.24) is 0 Å². The van der Waals surface area contributed by atoms with E-state index in [1.807, 2.05) is 12.2 Å². The summed E-state index contributed by atoms with van der Waals surface area (Å²) in [4.78, 5) is 35.5. The molecule has 21 heavy (non-hydrogen) atoms. The Hall–Kier alpha value is -2.57. The molecule has 1 aliphatic carbocycles. The van der Waals surface area contributed by atoms with E-state index in [2.05, 4.69) is 0 Å². The lowest BCUT2D eigenvalue weighted by Gasteiger charge is -2.15. The molecule has 2 aliphatic rings. The van der Waals surface area contributed by atoms with Crippen LogP contribution in [-0.4, -0.2) is 16.7 Å². The topological polar surface area (TPSA) is 80.5 Å². The van der Waals surface area contributed by atoms with E-state index in [0.717, 1.165) is 23.1 Å². The number of carbonyl (C=O) groups is 2. The molecule has 3 rings (SSSR count). The highest BCUT2D eigenvalue weighted by Crippen LogP contribution is 2.39. The normalized spacial score (nSPS) is 24.3. The van der Waals surface area contributed by atoms with Crippen molar-refractivity contribution in [2.75, 3.05) is 4.90 Å². The number of benzene rings is 1. The van der Waals surface area contributed by atoms with Gasteiger partial charge in [-0.2, -0.15) is 0 Å². The van der Waals surface area contributed by atoms with E-state index in [1.165, 1.54) is 0 Å². The number of fused-ring (bicyclic) bond motifs is 1. The second kappa shape index (κ2) is 4.76. The Morgan fingerprint density at radius 2 is 1.71 bits per heavy atom. The average Bonchev–Trinajstić information content (AvgIpc) is 2.72. The quantitative estimate of drug-likeness (QED) is 0.362. The zero-order valence-corrected chi connectivity index (χ0v) is 10.9. The number of nitro groups is 1. The molecule has 0 bridgehead atoms. The largest absolute Gasteiger partial charge is 0.274 e. The first-order valence-corrected chi connectivity index (χ1v) is 6.47. The number of imide groups is 1. The van der Waals surface area contributed by atoms with Gasteiger partial charge in [-0.05, 0) is 18.9 Å². The van der Waals surface area contributed by atoms with Crippen LogP contribution in [0.4, 0.5) is 15.8 Å². The molecule has 7 heteroatoms. The van der Waals surface area contributed by atoms with Gasteiger partial charge in [0.15, 0.2) is 0 Å². The Labute approximate surface area is 119 Å². The maximum Gasteiger partial charge on any atom is 0.271 e. The molecule has 1 aliphatic heterocycles. The van der Waals surface area contributed by atoms with Crippen LogP contribution in [0.3, 0.4) is 0 Å². The Morgan fingerprint density at radius 3 is 2.24 bits per heavy atom. The highest BCUT2D eigenvalue weighted by Gasteiger charge is 2.48. The van der Waals surface area contributed by atoms with Gasteiger partial charge in [0, 0.05) is 12.1 Å². The molecule has 1 fully saturated rings. The van der Waals surface area contributed by atoms with E-state index in [0.29, 0.717) is 12.8 Å². The minimum Gasteiger partial charge on any atom is -0.274 e. The fraction of sp³-hybridized carbons (Fsp3) is 0.286. The van der Waals surface area contributed by atoms with E-state index in [4.69, 9.17) is 0 Å². The van der Waals surface area contributed by atoms with Gasteiger partial charge >= 0.3 is 0 Å². The van der Waals surface area contributed by atoms with Gasteiger partial charge in [-0.3, -0.25) is 19.7 Å². The maximum atomic E-state index is 13.9. The van der Waals surface area contributed by atoms with Gasteiger partial charge in [-0.25, -0.2) is 9.29 Å². The maximum absolute atomic E-state index is 13.9. The summed E-state index contributed by atoms with van der Waals surface area (Å²) in [5.74, 6) is -2.81. The molecular formula is C14H11FN2O4. The second-order valence-corrected chi connectivity index (χ2v) is 5.06. The van der Waals surface area contributed by atoms with E-state index >= 15 is 0 Å². The van der Waals surface area contributed by atoms with Crippen LogP contribution in [0.15, 0.2) is 30.4 Å². The lowest BCUT2D eigenvalue weighted by Crippen LogP contribution is -2.31. The second-order valence-electron chi connectivity index (χ2n) is 5.06. The number of amides is 2. The fourth-order valence-electron chi connectivity index (χ4n) is 2.82. The molecule has 0 spiro atoms. The third-order valence-electron chi connectivity index (χ3n) is 3.89. The first kappa shape index (κ1) is 13.4. The third kappa shape index (κ3) is 2.01. The monoisotopic (exact) mass is 290 g/mol. The molecular weight excluding hydrogens is 279 g/mol. The lowest BCUT2D eigenvalue weighted by atomic mass is 9.85. The van der Waals surface area contributed by atoms with Crippen LogP contribution < -0.4 is 4.90 Å². The molecule has 1 saturated heterocycles. The minimum absolute atomic E-state index is 0.339. The molecule has 1 heterocycles. The molecule has 108 valence electrons.